The average Bonchev–Trinajstić information content (AvgIpc) is 3.64. The van der Waals surface area contributed by atoms with Gasteiger partial charge < -0.3 is 10.4 Å². The molecule has 4 aromatic rings. The Morgan fingerprint density at radius 1 is 0.812 bits per heavy atom. The summed E-state index contributed by atoms with van der Waals surface area (Å²) in [5, 5.41) is 14.1. The van der Waals surface area contributed by atoms with E-state index in [9.17, 15) is 14.7 Å². The maximum absolute atomic E-state index is 12.8. The lowest BCUT2D eigenvalue weighted by Crippen LogP contribution is -2.17. The van der Waals surface area contributed by atoms with E-state index in [4.69, 9.17) is 0 Å². The lowest BCUT2D eigenvalue weighted by Gasteiger charge is -2.11. The number of amides is 1. The summed E-state index contributed by atoms with van der Waals surface area (Å²) in [4.78, 5) is 24.5. The van der Waals surface area contributed by atoms with Crippen LogP contribution in [-0.4, -0.2) is 17.0 Å². The molecule has 0 atom stereocenters. The highest BCUT2D eigenvalue weighted by Gasteiger charge is 2.23. The number of benzene rings is 4. The zero-order valence-corrected chi connectivity index (χ0v) is 17.5. The molecule has 4 heteroatoms. The molecule has 0 heterocycles. The fraction of sp³-hybridized carbons (Fsp3) is 0.143. The molecule has 32 heavy (non-hydrogen) atoms. The van der Waals surface area contributed by atoms with E-state index < -0.39 is 5.97 Å². The van der Waals surface area contributed by atoms with Crippen LogP contribution in [0.2, 0.25) is 0 Å². The minimum Gasteiger partial charge on any atom is -0.478 e. The van der Waals surface area contributed by atoms with Gasteiger partial charge in [-0.15, -0.1) is 0 Å². The number of hydrogen-bond donors (Lipinski definition) is 2. The molecule has 0 saturated heterocycles. The van der Waals surface area contributed by atoms with Gasteiger partial charge in [0.15, 0.2) is 0 Å². The SMILES string of the molecule is O=C(Cc1cccc(-c2ccc(C3CC3)cc2)c1)Nc1cc2ccccc2cc1C(=O)O. The summed E-state index contributed by atoms with van der Waals surface area (Å²) < 4.78 is 0. The number of carboxylic acid groups (broad SMARTS) is 1. The second-order valence-electron chi connectivity index (χ2n) is 8.37. The van der Waals surface area contributed by atoms with Crippen molar-refractivity contribution in [1.29, 1.82) is 0 Å². The zero-order valence-electron chi connectivity index (χ0n) is 17.5. The summed E-state index contributed by atoms with van der Waals surface area (Å²) in [6, 6.07) is 27.4. The number of carbonyl (C=O) groups excluding carboxylic acids is 1. The summed E-state index contributed by atoms with van der Waals surface area (Å²) in [6.45, 7) is 0. The van der Waals surface area contributed by atoms with E-state index in [1.165, 1.54) is 18.4 Å². The number of anilines is 1. The Kier molecular flexibility index (Phi) is 5.20. The van der Waals surface area contributed by atoms with Crippen LogP contribution in [-0.2, 0) is 11.2 Å². The number of carbonyl (C=O) groups is 2. The highest BCUT2D eigenvalue weighted by atomic mass is 16.4. The lowest BCUT2D eigenvalue weighted by molar-refractivity contribution is -0.115. The normalized spacial score (nSPS) is 13.1. The van der Waals surface area contributed by atoms with Crippen molar-refractivity contribution < 1.29 is 14.7 Å². The van der Waals surface area contributed by atoms with Crippen LogP contribution in [0.25, 0.3) is 21.9 Å². The van der Waals surface area contributed by atoms with Gasteiger partial charge in [0.1, 0.15) is 0 Å². The Morgan fingerprint density at radius 3 is 2.22 bits per heavy atom. The Balaban J connectivity index is 1.35. The van der Waals surface area contributed by atoms with Crippen molar-refractivity contribution in [2.24, 2.45) is 0 Å². The second kappa shape index (κ2) is 8.31. The van der Waals surface area contributed by atoms with E-state index in [0.717, 1.165) is 33.4 Å². The maximum atomic E-state index is 12.8. The van der Waals surface area contributed by atoms with Crippen molar-refractivity contribution in [3.8, 4) is 11.1 Å². The molecule has 1 saturated carbocycles. The molecule has 0 aliphatic heterocycles. The number of fused-ring (bicyclic) bond motifs is 1. The molecule has 158 valence electrons. The quantitative estimate of drug-likeness (QED) is 0.386. The molecule has 1 aliphatic rings. The van der Waals surface area contributed by atoms with Gasteiger partial charge >= 0.3 is 5.97 Å². The first-order valence-corrected chi connectivity index (χ1v) is 10.8. The Labute approximate surface area is 186 Å². The van der Waals surface area contributed by atoms with Crippen LogP contribution >= 0.6 is 0 Å². The molecule has 1 aliphatic carbocycles. The molecular weight excluding hydrogens is 398 g/mol. The Hall–Kier alpha value is -3.92. The lowest BCUT2D eigenvalue weighted by atomic mass is 9.99. The fourth-order valence-electron chi connectivity index (χ4n) is 4.13. The molecule has 4 nitrogen and oxygen atoms in total. The molecule has 0 unspecified atom stereocenters. The average molecular weight is 421 g/mol. The highest BCUT2D eigenvalue weighted by Crippen LogP contribution is 2.40. The molecule has 0 aromatic heterocycles. The molecule has 2 N–H and O–H groups in total. The van der Waals surface area contributed by atoms with Crippen molar-refractivity contribution in [2.75, 3.05) is 5.32 Å². The maximum Gasteiger partial charge on any atom is 0.337 e. The number of hydrogen-bond acceptors (Lipinski definition) is 2. The molecule has 4 aromatic carbocycles. The Bertz CT molecular complexity index is 1320. The molecule has 0 radical (unpaired) electrons. The molecule has 0 spiro atoms. The smallest absolute Gasteiger partial charge is 0.337 e. The monoisotopic (exact) mass is 421 g/mol. The van der Waals surface area contributed by atoms with Gasteiger partial charge in [-0.2, -0.15) is 0 Å². The zero-order chi connectivity index (χ0) is 22.1. The van der Waals surface area contributed by atoms with Crippen molar-refractivity contribution in [1.82, 2.24) is 0 Å². The van der Waals surface area contributed by atoms with E-state index >= 15 is 0 Å². The van der Waals surface area contributed by atoms with Gasteiger partial charge in [0.05, 0.1) is 17.7 Å². The first-order valence-electron chi connectivity index (χ1n) is 10.8. The van der Waals surface area contributed by atoms with Crippen molar-refractivity contribution in [2.45, 2.75) is 25.2 Å². The molecule has 5 rings (SSSR count). The predicted molar refractivity (Wildman–Crippen MR) is 127 cm³/mol. The van der Waals surface area contributed by atoms with E-state index in [1.807, 2.05) is 48.5 Å². The van der Waals surface area contributed by atoms with E-state index in [2.05, 4.69) is 29.6 Å². The summed E-state index contributed by atoms with van der Waals surface area (Å²) in [6.07, 6.45) is 2.73. The van der Waals surface area contributed by atoms with Crippen LogP contribution in [0.15, 0.2) is 84.9 Å². The first kappa shape index (κ1) is 20.0. The van der Waals surface area contributed by atoms with Gasteiger partial charge in [-0.25, -0.2) is 4.79 Å². The number of nitrogens with one attached hydrogen (secondary N) is 1. The van der Waals surface area contributed by atoms with Gasteiger partial charge in [0.2, 0.25) is 5.91 Å². The summed E-state index contributed by atoms with van der Waals surface area (Å²) in [5.41, 5.74) is 4.86. The standard InChI is InChI=1S/C28H23NO3/c30-27(29-26-17-24-6-2-1-5-23(24)16-25(26)28(31)32)15-18-4-3-7-22(14-18)21-12-10-20(11-13-21)19-8-9-19/h1-7,10-14,16-17,19H,8-9,15H2,(H,29,30)(H,31,32). The third-order valence-electron chi connectivity index (χ3n) is 5.97. The van der Waals surface area contributed by atoms with Gasteiger partial charge in [0, 0.05) is 0 Å². The van der Waals surface area contributed by atoms with Crippen LogP contribution < -0.4 is 5.32 Å². The first-order chi connectivity index (χ1) is 15.6. The van der Waals surface area contributed by atoms with Crippen LogP contribution in [0, 0.1) is 0 Å². The van der Waals surface area contributed by atoms with Gasteiger partial charge in [0.25, 0.3) is 0 Å². The van der Waals surface area contributed by atoms with Gasteiger partial charge in [-0.05, 0) is 63.9 Å². The summed E-state index contributed by atoms with van der Waals surface area (Å²) >= 11 is 0. The Morgan fingerprint density at radius 2 is 1.53 bits per heavy atom. The third-order valence-corrected chi connectivity index (χ3v) is 5.97. The van der Waals surface area contributed by atoms with Crippen LogP contribution in [0.3, 0.4) is 0 Å². The fourth-order valence-corrected chi connectivity index (χ4v) is 4.13. The topological polar surface area (TPSA) is 66.4 Å². The number of aromatic carboxylic acids is 1. The number of rotatable bonds is 6. The van der Waals surface area contributed by atoms with Gasteiger partial charge in [-0.3, -0.25) is 4.79 Å². The van der Waals surface area contributed by atoms with Crippen LogP contribution in [0.4, 0.5) is 5.69 Å². The summed E-state index contributed by atoms with van der Waals surface area (Å²) in [7, 11) is 0. The van der Waals surface area contributed by atoms with E-state index in [0.29, 0.717) is 5.69 Å². The third kappa shape index (κ3) is 4.26. The number of carboxylic acids is 1. The van der Waals surface area contributed by atoms with Crippen molar-refractivity contribution in [3.05, 3.63) is 102 Å². The largest absolute Gasteiger partial charge is 0.478 e. The summed E-state index contributed by atoms with van der Waals surface area (Å²) in [5.74, 6) is -0.586. The van der Waals surface area contributed by atoms with E-state index in [-0.39, 0.29) is 17.9 Å². The van der Waals surface area contributed by atoms with Crippen LogP contribution in [0.1, 0.15) is 40.2 Å². The molecule has 1 amide bonds. The predicted octanol–water partition coefficient (Wildman–Crippen LogP) is 6.26. The minimum absolute atomic E-state index is 0.0848. The van der Waals surface area contributed by atoms with Crippen LogP contribution in [0.5, 0.6) is 0 Å². The molecule has 1 fully saturated rings. The minimum atomic E-state index is -1.07. The molecular formula is C28H23NO3. The molecule has 0 bridgehead atoms. The second-order valence-corrected chi connectivity index (χ2v) is 8.37. The van der Waals surface area contributed by atoms with E-state index in [1.54, 1.807) is 12.1 Å². The highest BCUT2D eigenvalue weighted by molar-refractivity contribution is 6.05. The van der Waals surface area contributed by atoms with Gasteiger partial charge in [-0.1, -0.05) is 72.8 Å². The van der Waals surface area contributed by atoms with Crippen molar-refractivity contribution >= 4 is 28.3 Å². The van der Waals surface area contributed by atoms with Crippen molar-refractivity contribution in [3.63, 3.8) is 0 Å².